The average Bonchev–Trinajstić information content (AvgIpc) is 3.52. The van der Waals surface area contributed by atoms with E-state index in [2.05, 4.69) is 50.8 Å². The van der Waals surface area contributed by atoms with Gasteiger partial charge in [-0.3, -0.25) is 0 Å². The van der Waals surface area contributed by atoms with Crippen molar-refractivity contribution in [3.05, 3.63) is 109 Å². The first-order chi connectivity index (χ1) is 15.4. The van der Waals surface area contributed by atoms with Crippen LogP contribution in [-0.2, 0) is 13.1 Å². The van der Waals surface area contributed by atoms with E-state index in [-0.39, 0.29) is 0 Å². The third-order valence-corrected chi connectivity index (χ3v) is 4.97. The summed E-state index contributed by atoms with van der Waals surface area (Å²) < 4.78 is 3.58. The van der Waals surface area contributed by atoms with Gasteiger partial charge in [0.1, 0.15) is 12.7 Å². The predicted octanol–water partition coefficient (Wildman–Crippen LogP) is 3.80. The summed E-state index contributed by atoms with van der Waals surface area (Å²) in [4.78, 5) is 8.41. The van der Waals surface area contributed by atoms with Gasteiger partial charge in [0.25, 0.3) is 0 Å². The second-order valence-electron chi connectivity index (χ2n) is 7.12. The maximum absolute atomic E-state index is 4.87. The molecule has 5 rings (SSSR count). The van der Waals surface area contributed by atoms with Crippen LogP contribution in [-0.4, -0.2) is 29.5 Å². The molecule has 0 aliphatic carbocycles. The van der Waals surface area contributed by atoms with Crippen LogP contribution in [0.3, 0.4) is 0 Å². The van der Waals surface area contributed by atoms with Gasteiger partial charge in [-0.2, -0.15) is 10.2 Å². The number of pyridine rings is 1. The van der Waals surface area contributed by atoms with E-state index in [1.54, 1.807) is 11.0 Å². The highest BCUT2D eigenvalue weighted by molar-refractivity contribution is 5.63. The zero-order valence-electron chi connectivity index (χ0n) is 16.8. The molecule has 0 aliphatic heterocycles. The van der Waals surface area contributed by atoms with Crippen LogP contribution < -0.4 is 5.32 Å². The van der Waals surface area contributed by atoms with Gasteiger partial charge in [-0.15, -0.1) is 0 Å². The predicted molar refractivity (Wildman–Crippen MR) is 119 cm³/mol. The van der Waals surface area contributed by atoms with Crippen LogP contribution in [0, 0.1) is 0 Å². The first-order valence-corrected chi connectivity index (χ1v) is 10.1. The lowest BCUT2D eigenvalue weighted by Crippen LogP contribution is -2.13. The van der Waals surface area contributed by atoms with Crippen LogP contribution in [0.1, 0.15) is 11.1 Å². The minimum absolute atomic E-state index is 0.696. The van der Waals surface area contributed by atoms with Crippen LogP contribution in [0.2, 0.25) is 0 Å². The fourth-order valence-corrected chi connectivity index (χ4v) is 3.42. The van der Waals surface area contributed by atoms with Crippen molar-refractivity contribution in [2.24, 2.45) is 0 Å². The van der Waals surface area contributed by atoms with E-state index in [0.717, 1.165) is 33.9 Å². The van der Waals surface area contributed by atoms with Crippen LogP contribution in [0.4, 0.5) is 0 Å². The molecule has 7 nitrogen and oxygen atoms in total. The van der Waals surface area contributed by atoms with Crippen LogP contribution in [0.5, 0.6) is 0 Å². The summed E-state index contributed by atoms with van der Waals surface area (Å²) in [7, 11) is 0. The van der Waals surface area contributed by atoms with Gasteiger partial charge < -0.3 is 5.32 Å². The molecule has 3 aromatic heterocycles. The van der Waals surface area contributed by atoms with Crippen LogP contribution in [0.15, 0.2) is 97.8 Å². The number of nitrogens with one attached hydrogen (secondary N) is 1. The molecule has 0 radical (unpaired) electrons. The van der Waals surface area contributed by atoms with Gasteiger partial charge in [0.2, 0.25) is 0 Å². The highest BCUT2D eigenvalue weighted by atomic mass is 15.3. The second-order valence-corrected chi connectivity index (χ2v) is 7.12. The molecule has 0 fully saturated rings. The zero-order valence-corrected chi connectivity index (χ0v) is 16.8. The van der Waals surface area contributed by atoms with Crippen molar-refractivity contribution in [2.75, 3.05) is 0 Å². The van der Waals surface area contributed by atoms with Crippen molar-refractivity contribution >= 4 is 0 Å². The Hall–Kier alpha value is -4.10. The Morgan fingerprint density at radius 2 is 1.61 bits per heavy atom. The summed E-state index contributed by atoms with van der Waals surface area (Å²) in [6.45, 7) is 1.40. The lowest BCUT2D eigenvalue weighted by atomic mass is 10.1. The number of aromatic nitrogens is 6. The van der Waals surface area contributed by atoms with Crippen molar-refractivity contribution in [1.29, 1.82) is 0 Å². The SMILES string of the molecule is c1ccc(-c2nn(-c3ccccc3)cc2CNCc2ccc(-n3cncn3)nc2)cc1. The molecule has 31 heavy (non-hydrogen) atoms. The minimum atomic E-state index is 0.696. The molecule has 0 saturated heterocycles. The van der Waals surface area contributed by atoms with Gasteiger partial charge in [0.15, 0.2) is 5.82 Å². The Bertz CT molecular complexity index is 1230. The van der Waals surface area contributed by atoms with E-state index < -0.39 is 0 Å². The van der Waals surface area contributed by atoms with Crippen molar-refractivity contribution in [3.8, 4) is 22.8 Å². The Balaban J connectivity index is 1.33. The van der Waals surface area contributed by atoms with Crippen LogP contribution in [0.25, 0.3) is 22.8 Å². The van der Waals surface area contributed by atoms with E-state index >= 15 is 0 Å². The molecule has 0 unspecified atom stereocenters. The van der Waals surface area contributed by atoms with Gasteiger partial charge in [-0.05, 0) is 23.8 Å². The first kappa shape index (κ1) is 18.9. The second kappa shape index (κ2) is 8.73. The Morgan fingerprint density at radius 1 is 0.806 bits per heavy atom. The van der Waals surface area contributed by atoms with Gasteiger partial charge in [0, 0.05) is 36.6 Å². The number of nitrogens with zero attached hydrogens (tertiary/aromatic N) is 6. The molecular formula is C24H21N7. The molecule has 3 heterocycles. The fraction of sp³-hybridized carbons (Fsp3) is 0.0833. The quantitative estimate of drug-likeness (QED) is 0.444. The largest absolute Gasteiger partial charge is 0.308 e. The maximum Gasteiger partial charge on any atom is 0.155 e. The van der Waals surface area contributed by atoms with E-state index in [0.29, 0.717) is 13.1 Å². The van der Waals surface area contributed by atoms with Crippen molar-refractivity contribution in [3.63, 3.8) is 0 Å². The molecule has 5 aromatic rings. The lowest BCUT2D eigenvalue weighted by molar-refractivity contribution is 0.690. The first-order valence-electron chi connectivity index (χ1n) is 10.1. The monoisotopic (exact) mass is 407 g/mol. The lowest BCUT2D eigenvalue weighted by Gasteiger charge is -2.06. The topological polar surface area (TPSA) is 73.5 Å². The van der Waals surface area contributed by atoms with E-state index in [1.165, 1.54) is 6.33 Å². The Kier molecular flexibility index (Phi) is 5.32. The summed E-state index contributed by atoms with van der Waals surface area (Å²) in [5, 5.41) is 12.5. The number of benzene rings is 2. The van der Waals surface area contributed by atoms with Crippen molar-refractivity contribution in [1.82, 2.24) is 34.8 Å². The third-order valence-electron chi connectivity index (χ3n) is 4.97. The molecule has 0 saturated carbocycles. The number of hydrogen-bond donors (Lipinski definition) is 1. The van der Waals surface area contributed by atoms with Crippen LogP contribution >= 0.6 is 0 Å². The number of hydrogen-bond acceptors (Lipinski definition) is 5. The molecule has 0 atom stereocenters. The molecule has 2 aromatic carbocycles. The minimum Gasteiger partial charge on any atom is -0.308 e. The Labute approximate surface area is 180 Å². The third kappa shape index (κ3) is 4.26. The van der Waals surface area contributed by atoms with Crippen molar-refractivity contribution < 1.29 is 0 Å². The zero-order chi connectivity index (χ0) is 20.9. The standard InChI is InChI=1S/C24H21N7/c1-3-7-20(8-4-1)24-21(16-30(29-24)22-9-5-2-6-10-22)15-25-13-19-11-12-23(27-14-19)31-18-26-17-28-31/h1-12,14,16-18,25H,13,15H2. The number of para-hydroxylation sites is 1. The summed E-state index contributed by atoms with van der Waals surface area (Å²) >= 11 is 0. The van der Waals surface area contributed by atoms with Gasteiger partial charge in [-0.25, -0.2) is 19.3 Å². The molecule has 7 heteroatoms. The normalized spacial score (nSPS) is 11.0. The fourth-order valence-electron chi connectivity index (χ4n) is 3.42. The Morgan fingerprint density at radius 3 is 2.32 bits per heavy atom. The molecule has 0 spiro atoms. The molecule has 0 bridgehead atoms. The highest BCUT2D eigenvalue weighted by Crippen LogP contribution is 2.23. The highest BCUT2D eigenvalue weighted by Gasteiger charge is 2.12. The number of rotatable bonds is 7. The summed E-state index contributed by atoms with van der Waals surface area (Å²) in [6.07, 6.45) is 7.08. The van der Waals surface area contributed by atoms with Gasteiger partial charge >= 0.3 is 0 Å². The molecule has 152 valence electrons. The van der Waals surface area contributed by atoms with Crippen molar-refractivity contribution in [2.45, 2.75) is 13.1 Å². The van der Waals surface area contributed by atoms with Gasteiger partial charge in [0.05, 0.1) is 11.4 Å². The average molecular weight is 407 g/mol. The summed E-state index contributed by atoms with van der Waals surface area (Å²) in [6, 6.07) is 24.4. The molecule has 0 amide bonds. The summed E-state index contributed by atoms with van der Waals surface area (Å²) in [5.41, 5.74) is 5.37. The summed E-state index contributed by atoms with van der Waals surface area (Å²) in [5.74, 6) is 0.747. The van der Waals surface area contributed by atoms with Gasteiger partial charge in [-0.1, -0.05) is 54.6 Å². The van der Waals surface area contributed by atoms with E-state index in [9.17, 15) is 0 Å². The molecule has 1 N–H and O–H groups in total. The smallest absolute Gasteiger partial charge is 0.155 e. The maximum atomic E-state index is 4.87. The van der Waals surface area contributed by atoms with E-state index in [1.807, 2.05) is 59.4 Å². The molecular weight excluding hydrogens is 386 g/mol. The van der Waals surface area contributed by atoms with E-state index in [4.69, 9.17) is 5.10 Å². The molecule has 0 aliphatic rings.